The standard InChI is InChI=1S/C22H17NO2/c1-23(14-15-7-3-2-4-8-15)22(25)16-11-12-18-17-9-5-6-10-19(17)21(24)20(18)13-16/h2-13H,14H2,1H3. The third kappa shape index (κ3) is 2.64. The van der Waals surface area contributed by atoms with Gasteiger partial charge < -0.3 is 4.90 Å². The number of benzene rings is 3. The van der Waals surface area contributed by atoms with E-state index < -0.39 is 0 Å². The van der Waals surface area contributed by atoms with Gasteiger partial charge in [0, 0.05) is 30.3 Å². The Hall–Kier alpha value is -3.20. The van der Waals surface area contributed by atoms with Crippen LogP contribution in [0.4, 0.5) is 0 Å². The summed E-state index contributed by atoms with van der Waals surface area (Å²) in [5.74, 6) is -0.0960. The number of fused-ring (bicyclic) bond motifs is 3. The number of ketones is 1. The van der Waals surface area contributed by atoms with Gasteiger partial charge in [0.15, 0.2) is 5.78 Å². The Morgan fingerprint density at radius 1 is 0.800 bits per heavy atom. The Morgan fingerprint density at radius 2 is 1.44 bits per heavy atom. The first-order valence-electron chi connectivity index (χ1n) is 8.22. The summed E-state index contributed by atoms with van der Waals surface area (Å²) in [5, 5.41) is 0. The number of nitrogens with zero attached hydrogens (tertiary/aromatic N) is 1. The van der Waals surface area contributed by atoms with Gasteiger partial charge in [-0.1, -0.05) is 60.7 Å². The minimum atomic E-state index is -0.0876. The number of hydrogen-bond acceptors (Lipinski definition) is 2. The van der Waals surface area contributed by atoms with E-state index in [9.17, 15) is 9.59 Å². The van der Waals surface area contributed by atoms with E-state index in [0.29, 0.717) is 23.2 Å². The van der Waals surface area contributed by atoms with Crippen molar-refractivity contribution in [3.8, 4) is 11.1 Å². The molecular weight excluding hydrogens is 310 g/mol. The summed E-state index contributed by atoms with van der Waals surface area (Å²) in [4.78, 5) is 27.0. The maximum absolute atomic E-state index is 12.7. The van der Waals surface area contributed by atoms with Gasteiger partial charge in [-0.2, -0.15) is 0 Å². The van der Waals surface area contributed by atoms with Crippen LogP contribution in [0.1, 0.15) is 31.8 Å². The van der Waals surface area contributed by atoms with Gasteiger partial charge in [0.1, 0.15) is 0 Å². The topological polar surface area (TPSA) is 37.4 Å². The summed E-state index contributed by atoms with van der Waals surface area (Å²) < 4.78 is 0. The first-order chi connectivity index (χ1) is 12.1. The maximum atomic E-state index is 12.7. The van der Waals surface area contributed by atoms with Crippen LogP contribution in [-0.4, -0.2) is 23.6 Å². The molecule has 0 aromatic heterocycles. The van der Waals surface area contributed by atoms with Crippen molar-refractivity contribution in [1.82, 2.24) is 4.90 Å². The van der Waals surface area contributed by atoms with Crippen LogP contribution >= 0.6 is 0 Å². The lowest BCUT2D eigenvalue weighted by atomic mass is 10.0. The fourth-order valence-corrected chi connectivity index (χ4v) is 3.31. The van der Waals surface area contributed by atoms with Crippen molar-refractivity contribution >= 4 is 11.7 Å². The molecule has 25 heavy (non-hydrogen) atoms. The van der Waals surface area contributed by atoms with E-state index in [2.05, 4.69) is 0 Å². The van der Waals surface area contributed by atoms with Crippen LogP contribution in [0.2, 0.25) is 0 Å². The van der Waals surface area contributed by atoms with Gasteiger partial charge in [0.2, 0.25) is 0 Å². The number of carbonyl (C=O) groups is 2. The fraction of sp³-hybridized carbons (Fsp3) is 0.0909. The Bertz CT molecular complexity index is 976. The van der Waals surface area contributed by atoms with Gasteiger partial charge in [0.25, 0.3) is 5.91 Å². The molecule has 0 radical (unpaired) electrons. The van der Waals surface area contributed by atoms with Gasteiger partial charge in [-0.25, -0.2) is 0 Å². The van der Waals surface area contributed by atoms with Crippen LogP contribution < -0.4 is 0 Å². The van der Waals surface area contributed by atoms with Crippen molar-refractivity contribution < 1.29 is 9.59 Å². The Balaban J connectivity index is 1.63. The molecule has 3 nitrogen and oxygen atoms in total. The first kappa shape index (κ1) is 15.3. The monoisotopic (exact) mass is 327 g/mol. The van der Waals surface area contributed by atoms with E-state index in [-0.39, 0.29) is 11.7 Å². The molecule has 0 fully saturated rings. The average Bonchev–Trinajstić information content (AvgIpc) is 2.94. The number of rotatable bonds is 3. The molecular formula is C22H17NO2. The van der Waals surface area contributed by atoms with Crippen LogP contribution in [0, 0.1) is 0 Å². The normalized spacial score (nSPS) is 11.8. The predicted octanol–water partition coefficient (Wildman–Crippen LogP) is 4.17. The summed E-state index contributed by atoms with van der Waals surface area (Å²) in [6.45, 7) is 0.533. The molecule has 1 amide bonds. The van der Waals surface area contributed by atoms with Crippen LogP contribution in [-0.2, 0) is 6.54 Å². The Morgan fingerprint density at radius 3 is 2.20 bits per heavy atom. The molecule has 1 aliphatic rings. The second-order valence-electron chi connectivity index (χ2n) is 6.28. The first-order valence-corrected chi connectivity index (χ1v) is 8.22. The predicted molar refractivity (Wildman–Crippen MR) is 97.6 cm³/mol. The quantitative estimate of drug-likeness (QED) is 0.566. The van der Waals surface area contributed by atoms with Crippen LogP contribution in [0.25, 0.3) is 11.1 Å². The minimum Gasteiger partial charge on any atom is -0.337 e. The summed E-state index contributed by atoms with van der Waals surface area (Å²) in [6.07, 6.45) is 0. The maximum Gasteiger partial charge on any atom is 0.253 e. The fourth-order valence-electron chi connectivity index (χ4n) is 3.31. The Labute approximate surface area is 146 Å². The van der Waals surface area contributed by atoms with Gasteiger partial charge >= 0.3 is 0 Å². The molecule has 0 atom stereocenters. The van der Waals surface area contributed by atoms with Crippen LogP contribution in [0.15, 0.2) is 72.8 Å². The van der Waals surface area contributed by atoms with E-state index in [1.165, 1.54) is 0 Å². The van der Waals surface area contributed by atoms with Crippen LogP contribution in [0.3, 0.4) is 0 Å². The second kappa shape index (κ2) is 6.02. The molecule has 4 rings (SSSR count). The van der Waals surface area contributed by atoms with E-state index in [1.54, 1.807) is 24.1 Å². The lowest BCUT2D eigenvalue weighted by molar-refractivity contribution is 0.0785. The van der Waals surface area contributed by atoms with Crippen molar-refractivity contribution in [2.24, 2.45) is 0 Å². The molecule has 0 aliphatic heterocycles. The van der Waals surface area contributed by atoms with E-state index >= 15 is 0 Å². The number of carbonyl (C=O) groups excluding carboxylic acids is 2. The summed E-state index contributed by atoms with van der Waals surface area (Å²) in [7, 11) is 1.78. The highest BCUT2D eigenvalue weighted by Gasteiger charge is 2.27. The zero-order valence-corrected chi connectivity index (χ0v) is 13.9. The molecule has 0 bridgehead atoms. The lowest BCUT2D eigenvalue weighted by Gasteiger charge is -2.17. The average molecular weight is 327 g/mol. The highest BCUT2D eigenvalue weighted by molar-refractivity contribution is 6.22. The van der Waals surface area contributed by atoms with Gasteiger partial charge in [-0.3, -0.25) is 9.59 Å². The third-order valence-corrected chi connectivity index (χ3v) is 4.58. The molecule has 3 heteroatoms. The minimum absolute atomic E-state index is 0.00837. The molecule has 0 N–H and O–H groups in total. The third-order valence-electron chi connectivity index (χ3n) is 4.58. The number of hydrogen-bond donors (Lipinski definition) is 0. The van der Waals surface area contributed by atoms with Crippen molar-refractivity contribution in [2.45, 2.75) is 6.54 Å². The smallest absolute Gasteiger partial charge is 0.253 e. The molecule has 0 spiro atoms. The highest BCUT2D eigenvalue weighted by atomic mass is 16.2. The molecule has 3 aromatic rings. The summed E-state index contributed by atoms with van der Waals surface area (Å²) in [5.41, 5.74) is 4.78. The lowest BCUT2D eigenvalue weighted by Crippen LogP contribution is -2.26. The molecule has 0 heterocycles. The molecule has 0 saturated carbocycles. The van der Waals surface area contributed by atoms with Crippen LogP contribution in [0.5, 0.6) is 0 Å². The summed E-state index contributed by atoms with van der Waals surface area (Å²) >= 11 is 0. The largest absolute Gasteiger partial charge is 0.337 e. The van der Waals surface area contributed by atoms with E-state index in [1.807, 2.05) is 60.7 Å². The van der Waals surface area contributed by atoms with Crippen molar-refractivity contribution in [2.75, 3.05) is 7.05 Å². The summed E-state index contributed by atoms with van der Waals surface area (Å²) in [6, 6.07) is 22.8. The second-order valence-corrected chi connectivity index (χ2v) is 6.28. The van der Waals surface area contributed by atoms with Crippen molar-refractivity contribution in [3.63, 3.8) is 0 Å². The SMILES string of the molecule is CN(Cc1ccccc1)C(=O)c1ccc2c(c1)C(=O)c1ccccc1-2. The highest BCUT2D eigenvalue weighted by Crippen LogP contribution is 2.36. The molecule has 3 aromatic carbocycles. The molecule has 0 unspecified atom stereocenters. The zero-order chi connectivity index (χ0) is 17.4. The molecule has 122 valence electrons. The van der Waals surface area contributed by atoms with E-state index in [0.717, 1.165) is 16.7 Å². The Kier molecular flexibility index (Phi) is 3.69. The zero-order valence-electron chi connectivity index (χ0n) is 13.9. The molecule has 0 saturated heterocycles. The molecule has 1 aliphatic carbocycles. The van der Waals surface area contributed by atoms with Gasteiger partial charge in [-0.15, -0.1) is 0 Å². The van der Waals surface area contributed by atoms with E-state index in [4.69, 9.17) is 0 Å². The van der Waals surface area contributed by atoms with Crippen molar-refractivity contribution in [1.29, 1.82) is 0 Å². The van der Waals surface area contributed by atoms with Gasteiger partial charge in [-0.05, 0) is 28.8 Å². The van der Waals surface area contributed by atoms with Gasteiger partial charge in [0.05, 0.1) is 0 Å². The number of amides is 1. The van der Waals surface area contributed by atoms with Crippen molar-refractivity contribution in [3.05, 3.63) is 95.1 Å².